The van der Waals surface area contributed by atoms with E-state index in [0.29, 0.717) is 5.92 Å². The zero-order valence-corrected chi connectivity index (χ0v) is 11.2. The minimum atomic E-state index is -0.159. The molecule has 5 nitrogen and oxygen atoms in total. The molecule has 2 N–H and O–H groups in total. The predicted molar refractivity (Wildman–Crippen MR) is 69.2 cm³/mol. The maximum Gasteiger partial charge on any atom is 0.290 e. The first-order valence-electron chi connectivity index (χ1n) is 6.88. The Bertz CT molecular complexity index is 401. The van der Waals surface area contributed by atoms with Crippen molar-refractivity contribution in [2.24, 2.45) is 11.8 Å². The molecule has 1 saturated carbocycles. The average Bonchev–Trinajstić information content (AvgIpc) is 2.96. The normalized spacial score (nSPS) is 23.2. The number of nitrogens with zero attached hydrogens (tertiary/aromatic N) is 2. The van der Waals surface area contributed by atoms with Crippen molar-refractivity contribution in [2.75, 3.05) is 6.54 Å². The third-order valence-electron chi connectivity index (χ3n) is 3.58. The van der Waals surface area contributed by atoms with Crippen LogP contribution in [0.4, 0.5) is 0 Å². The van der Waals surface area contributed by atoms with Gasteiger partial charge >= 0.3 is 0 Å². The molecule has 1 heterocycles. The molecule has 1 aliphatic rings. The van der Waals surface area contributed by atoms with Crippen molar-refractivity contribution < 1.29 is 4.79 Å². The van der Waals surface area contributed by atoms with Crippen LogP contribution >= 0.6 is 0 Å². The summed E-state index contributed by atoms with van der Waals surface area (Å²) in [4.78, 5) is 16.0. The highest BCUT2D eigenvalue weighted by molar-refractivity contribution is 5.90. The number of hydrogen-bond acceptors (Lipinski definition) is 3. The molecule has 18 heavy (non-hydrogen) atoms. The molecule has 0 aliphatic heterocycles. The molecule has 1 fully saturated rings. The molecule has 1 amide bonds. The molecule has 0 radical (unpaired) electrons. The maximum atomic E-state index is 11.8. The predicted octanol–water partition coefficient (Wildman–Crippen LogP) is 1.92. The second kappa shape index (κ2) is 5.98. The van der Waals surface area contributed by atoms with E-state index in [1.807, 2.05) is 0 Å². The minimum absolute atomic E-state index is 0.159. The second-order valence-corrected chi connectivity index (χ2v) is 5.35. The van der Waals surface area contributed by atoms with Crippen LogP contribution in [0.1, 0.15) is 56.0 Å². The van der Waals surface area contributed by atoms with Crippen molar-refractivity contribution in [1.82, 2.24) is 20.5 Å². The zero-order chi connectivity index (χ0) is 13.0. The molecule has 0 aromatic carbocycles. The lowest BCUT2D eigenvalue weighted by Gasteiger charge is -2.09. The number of aromatic nitrogens is 3. The first-order valence-corrected chi connectivity index (χ1v) is 6.88. The molecule has 2 atom stereocenters. The van der Waals surface area contributed by atoms with E-state index >= 15 is 0 Å². The Morgan fingerprint density at radius 1 is 1.50 bits per heavy atom. The lowest BCUT2D eigenvalue weighted by Crippen LogP contribution is -2.29. The lowest BCUT2D eigenvalue weighted by atomic mass is 10.1. The number of nitrogens with one attached hydrogen (secondary N) is 2. The Hall–Kier alpha value is -1.39. The quantitative estimate of drug-likeness (QED) is 0.838. The number of H-pyrrole nitrogens is 1. The van der Waals surface area contributed by atoms with Crippen LogP contribution in [0.3, 0.4) is 0 Å². The van der Waals surface area contributed by atoms with Gasteiger partial charge < -0.3 is 5.32 Å². The summed E-state index contributed by atoms with van der Waals surface area (Å²) in [7, 11) is 0. The van der Waals surface area contributed by atoms with Gasteiger partial charge in [-0.15, -0.1) is 5.10 Å². The molecule has 0 bridgehead atoms. The van der Waals surface area contributed by atoms with Crippen LogP contribution in [0.15, 0.2) is 0 Å². The van der Waals surface area contributed by atoms with E-state index in [4.69, 9.17) is 0 Å². The van der Waals surface area contributed by atoms with Gasteiger partial charge in [0.05, 0.1) is 0 Å². The summed E-state index contributed by atoms with van der Waals surface area (Å²) in [5, 5.41) is 9.68. The average molecular weight is 250 g/mol. The fraction of sp³-hybridized carbons (Fsp3) is 0.769. The van der Waals surface area contributed by atoms with Crippen molar-refractivity contribution in [3.05, 3.63) is 11.6 Å². The molecule has 5 heteroatoms. The molecule has 1 aliphatic carbocycles. The van der Waals surface area contributed by atoms with Crippen LogP contribution < -0.4 is 5.32 Å². The summed E-state index contributed by atoms with van der Waals surface area (Å²) in [5.74, 6) is 2.32. The molecule has 0 spiro atoms. The second-order valence-electron chi connectivity index (χ2n) is 5.35. The Morgan fingerprint density at radius 3 is 3.00 bits per heavy atom. The van der Waals surface area contributed by atoms with Gasteiger partial charge in [0.2, 0.25) is 5.82 Å². The van der Waals surface area contributed by atoms with Crippen molar-refractivity contribution in [1.29, 1.82) is 0 Å². The van der Waals surface area contributed by atoms with Gasteiger partial charge in [0.1, 0.15) is 5.82 Å². The Balaban J connectivity index is 1.80. The van der Waals surface area contributed by atoms with E-state index in [1.165, 1.54) is 19.3 Å². The summed E-state index contributed by atoms with van der Waals surface area (Å²) in [5.41, 5.74) is 0. The Morgan fingerprint density at radius 2 is 2.33 bits per heavy atom. The molecular formula is C13H22N4O. The van der Waals surface area contributed by atoms with E-state index in [1.54, 1.807) is 0 Å². The van der Waals surface area contributed by atoms with Crippen LogP contribution in [0.2, 0.25) is 0 Å². The number of aryl methyl sites for hydroxylation is 1. The molecular weight excluding hydrogens is 228 g/mol. The van der Waals surface area contributed by atoms with Crippen LogP contribution in [0, 0.1) is 11.8 Å². The summed E-state index contributed by atoms with van der Waals surface area (Å²) in [6.07, 6.45) is 5.55. The third-order valence-corrected chi connectivity index (χ3v) is 3.58. The van der Waals surface area contributed by atoms with Crippen molar-refractivity contribution in [2.45, 2.75) is 46.0 Å². The van der Waals surface area contributed by atoms with E-state index in [-0.39, 0.29) is 11.7 Å². The Kier molecular flexibility index (Phi) is 4.33. The van der Waals surface area contributed by atoms with E-state index in [0.717, 1.165) is 31.1 Å². The minimum Gasteiger partial charge on any atom is -0.349 e. The summed E-state index contributed by atoms with van der Waals surface area (Å²) in [6, 6.07) is 0. The van der Waals surface area contributed by atoms with E-state index in [2.05, 4.69) is 34.3 Å². The largest absolute Gasteiger partial charge is 0.349 e. The van der Waals surface area contributed by atoms with Crippen LogP contribution in [-0.4, -0.2) is 27.6 Å². The molecule has 100 valence electrons. The number of aromatic amines is 1. The summed E-state index contributed by atoms with van der Waals surface area (Å²) < 4.78 is 0. The van der Waals surface area contributed by atoms with Gasteiger partial charge in [0.15, 0.2) is 0 Å². The number of carbonyl (C=O) groups is 1. The topological polar surface area (TPSA) is 70.7 Å². The molecule has 2 rings (SSSR count). The molecule has 2 unspecified atom stereocenters. The highest BCUT2D eigenvalue weighted by Crippen LogP contribution is 2.29. The van der Waals surface area contributed by atoms with Crippen LogP contribution in [0.25, 0.3) is 0 Å². The van der Waals surface area contributed by atoms with E-state index < -0.39 is 0 Å². The summed E-state index contributed by atoms with van der Waals surface area (Å²) in [6.45, 7) is 5.10. The first kappa shape index (κ1) is 13.1. The highest BCUT2D eigenvalue weighted by atomic mass is 16.2. The van der Waals surface area contributed by atoms with Gasteiger partial charge in [0.25, 0.3) is 5.91 Å². The standard InChI is InChI=1S/C13H22N4O/c1-3-4-11-15-12(17-16-11)13(18)14-8-10-6-5-9(2)7-10/h9-10H,3-8H2,1-2H3,(H,14,18)(H,15,16,17). The maximum absolute atomic E-state index is 11.8. The van der Waals surface area contributed by atoms with Gasteiger partial charge in [-0.2, -0.15) is 0 Å². The fourth-order valence-corrected chi connectivity index (χ4v) is 2.57. The smallest absolute Gasteiger partial charge is 0.290 e. The monoisotopic (exact) mass is 250 g/mol. The highest BCUT2D eigenvalue weighted by Gasteiger charge is 2.22. The number of amides is 1. The fourth-order valence-electron chi connectivity index (χ4n) is 2.57. The van der Waals surface area contributed by atoms with Gasteiger partial charge in [0, 0.05) is 13.0 Å². The van der Waals surface area contributed by atoms with Gasteiger partial charge in [-0.3, -0.25) is 9.89 Å². The van der Waals surface area contributed by atoms with Crippen LogP contribution in [-0.2, 0) is 6.42 Å². The number of rotatable bonds is 5. The number of hydrogen-bond donors (Lipinski definition) is 2. The zero-order valence-electron chi connectivity index (χ0n) is 11.2. The Labute approximate surface area is 108 Å². The van der Waals surface area contributed by atoms with Gasteiger partial charge in [-0.05, 0) is 31.1 Å². The van der Waals surface area contributed by atoms with Gasteiger partial charge in [-0.25, -0.2) is 4.98 Å². The van der Waals surface area contributed by atoms with Crippen molar-refractivity contribution in [3.8, 4) is 0 Å². The summed E-state index contributed by atoms with van der Waals surface area (Å²) >= 11 is 0. The molecule has 0 saturated heterocycles. The molecule has 1 aromatic heterocycles. The van der Waals surface area contributed by atoms with Crippen molar-refractivity contribution >= 4 is 5.91 Å². The van der Waals surface area contributed by atoms with Crippen LogP contribution in [0.5, 0.6) is 0 Å². The van der Waals surface area contributed by atoms with E-state index in [9.17, 15) is 4.79 Å². The first-order chi connectivity index (χ1) is 8.69. The van der Waals surface area contributed by atoms with Crippen molar-refractivity contribution in [3.63, 3.8) is 0 Å². The third kappa shape index (κ3) is 3.31. The number of carbonyl (C=O) groups excluding carboxylic acids is 1. The lowest BCUT2D eigenvalue weighted by molar-refractivity contribution is 0.0937. The van der Waals surface area contributed by atoms with Gasteiger partial charge in [-0.1, -0.05) is 20.3 Å². The molecule has 1 aromatic rings. The SMILES string of the molecule is CCCc1nc(C(=O)NCC2CCC(C)C2)n[nH]1.